The van der Waals surface area contributed by atoms with Crippen LogP contribution in [0.5, 0.6) is 0 Å². The molecule has 0 saturated carbocycles. The number of nitrogens with zero attached hydrogens (tertiary/aromatic N) is 1. The Kier molecular flexibility index (Phi) is 7.79. The summed E-state index contributed by atoms with van der Waals surface area (Å²) >= 11 is 0. The smallest absolute Gasteiger partial charge is 0.243 e. The van der Waals surface area contributed by atoms with Crippen LogP contribution in [0.4, 0.5) is 0 Å². The molecule has 2 fully saturated rings. The topological polar surface area (TPSA) is 108 Å². The Morgan fingerprint density at radius 1 is 1.03 bits per heavy atom. The fourth-order valence-corrected chi connectivity index (χ4v) is 6.83. The van der Waals surface area contributed by atoms with Crippen molar-refractivity contribution in [2.75, 3.05) is 13.1 Å². The fraction of sp³-hybridized carbons (Fsp3) is 0.680. The molecule has 190 valence electrons. The molecule has 2 saturated heterocycles. The lowest BCUT2D eigenvalue weighted by Gasteiger charge is -2.46. The summed E-state index contributed by atoms with van der Waals surface area (Å²) < 4.78 is 27.2. The Bertz CT molecular complexity index is 980. The zero-order valence-corrected chi connectivity index (χ0v) is 22.1. The first-order chi connectivity index (χ1) is 15.7. The monoisotopic (exact) mass is 492 g/mol. The van der Waals surface area contributed by atoms with Gasteiger partial charge >= 0.3 is 0 Å². The van der Waals surface area contributed by atoms with Gasteiger partial charge in [0.05, 0.1) is 4.90 Å². The van der Waals surface area contributed by atoms with E-state index in [1.165, 1.54) is 4.31 Å². The third kappa shape index (κ3) is 6.58. The lowest BCUT2D eigenvalue weighted by molar-refractivity contribution is -0.132. The molecule has 34 heavy (non-hydrogen) atoms. The summed E-state index contributed by atoms with van der Waals surface area (Å²) in [6, 6.07) is 6.19. The van der Waals surface area contributed by atoms with Crippen LogP contribution in [0.3, 0.4) is 0 Å². The number of rotatable bonds is 6. The normalized spacial score (nSPS) is 22.6. The number of piperidine rings is 2. The van der Waals surface area contributed by atoms with Crippen LogP contribution in [0.1, 0.15) is 65.9 Å². The first-order valence-electron chi connectivity index (χ1n) is 12.2. The molecule has 0 spiro atoms. The number of aryl methyl sites for hydroxylation is 1. The van der Waals surface area contributed by atoms with E-state index in [-0.39, 0.29) is 52.8 Å². The number of hydrogen-bond donors (Lipinski definition) is 3. The molecule has 0 radical (unpaired) electrons. The van der Waals surface area contributed by atoms with E-state index in [4.69, 9.17) is 0 Å². The van der Waals surface area contributed by atoms with Gasteiger partial charge in [-0.1, -0.05) is 17.7 Å². The lowest BCUT2D eigenvalue weighted by atomic mass is 9.79. The summed E-state index contributed by atoms with van der Waals surface area (Å²) in [4.78, 5) is 25.9. The lowest BCUT2D eigenvalue weighted by Crippen LogP contribution is -2.63. The molecule has 0 aromatic heterocycles. The average molecular weight is 493 g/mol. The maximum atomic E-state index is 12.9. The first kappa shape index (κ1) is 26.6. The predicted octanol–water partition coefficient (Wildman–Crippen LogP) is 2.33. The van der Waals surface area contributed by atoms with Crippen molar-refractivity contribution in [1.82, 2.24) is 20.3 Å². The molecule has 1 aromatic carbocycles. The second-order valence-corrected chi connectivity index (χ2v) is 13.2. The minimum atomic E-state index is -3.57. The molecule has 1 atom stereocenters. The van der Waals surface area contributed by atoms with Crippen LogP contribution in [0.25, 0.3) is 0 Å². The Hall–Kier alpha value is -1.97. The molecule has 0 bridgehead atoms. The van der Waals surface area contributed by atoms with Crippen LogP contribution in [-0.2, 0) is 19.6 Å². The number of amides is 2. The summed E-state index contributed by atoms with van der Waals surface area (Å²) in [6.45, 7) is 12.7. The zero-order chi connectivity index (χ0) is 25.3. The maximum absolute atomic E-state index is 12.9. The highest BCUT2D eigenvalue weighted by Crippen LogP contribution is 2.28. The Labute approximate surface area is 204 Å². The largest absolute Gasteiger partial charge is 0.351 e. The van der Waals surface area contributed by atoms with Gasteiger partial charge in [-0.05, 0) is 79.4 Å². The maximum Gasteiger partial charge on any atom is 0.243 e. The molecular formula is C25H40N4O4S. The van der Waals surface area contributed by atoms with Gasteiger partial charge < -0.3 is 16.0 Å². The Morgan fingerprint density at radius 3 is 2.09 bits per heavy atom. The van der Waals surface area contributed by atoms with E-state index in [9.17, 15) is 18.0 Å². The predicted molar refractivity (Wildman–Crippen MR) is 133 cm³/mol. The van der Waals surface area contributed by atoms with E-state index in [0.717, 1.165) is 18.4 Å². The van der Waals surface area contributed by atoms with Gasteiger partial charge in [-0.15, -0.1) is 0 Å². The zero-order valence-electron chi connectivity index (χ0n) is 21.3. The van der Waals surface area contributed by atoms with Gasteiger partial charge in [0.1, 0.15) is 6.04 Å². The Balaban J connectivity index is 1.50. The molecule has 2 amide bonds. The summed E-state index contributed by atoms with van der Waals surface area (Å²) in [7, 11) is -3.57. The number of hydrogen-bond acceptors (Lipinski definition) is 5. The van der Waals surface area contributed by atoms with E-state index in [0.29, 0.717) is 12.8 Å². The van der Waals surface area contributed by atoms with E-state index >= 15 is 0 Å². The molecule has 0 aliphatic carbocycles. The molecule has 3 N–H and O–H groups in total. The third-order valence-electron chi connectivity index (χ3n) is 6.77. The summed E-state index contributed by atoms with van der Waals surface area (Å²) in [5.74, 6) is -0.691. The number of benzene rings is 1. The van der Waals surface area contributed by atoms with Gasteiger partial charge in [-0.25, -0.2) is 8.42 Å². The summed E-state index contributed by atoms with van der Waals surface area (Å²) in [6.07, 6.45) is 2.50. The van der Waals surface area contributed by atoms with Crippen molar-refractivity contribution < 1.29 is 18.0 Å². The number of carbonyl (C=O) groups is 2. The highest BCUT2D eigenvalue weighted by molar-refractivity contribution is 7.89. The van der Waals surface area contributed by atoms with Crippen LogP contribution < -0.4 is 16.0 Å². The average Bonchev–Trinajstić information content (AvgIpc) is 2.71. The van der Waals surface area contributed by atoms with Gasteiger partial charge in [0.15, 0.2) is 0 Å². The molecule has 2 aliphatic heterocycles. The van der Waals surface area contributed by atoms with Gasteiger partial charge in [0.2, 0.25) is 21.8 Å². The minimum Gasteiger partial charge on any atom is -0.351 e. The minimum absolute atomic E-state index is 0.0355. The first-order valence-corrected chi connectivity index (χ1v) is 13.6. The highest BCUT2D eigenvalue weighted by atomic mass is 32.2. The Morgan fingerprint density at radius 2 is 1.56 bits per heavy atom. The second-order valence-electron chi connectivity index (χ2n) is 11.2. The van der Waals surface area contributed by atoms with Crippen LogP contribution >= 0.6 is 0 Å². The molecule has 3 rings (SSSR count). The summed E-state index contributed by atoms with van der Waals surface area (Å²) in [5.41, 5.74) is 0.832. The van der Waals surface area contributed by atoms with Crippen LogP contribution in [0.2, 0.25) is 0 Å². The van der Waals surface area contributed by atoms with Crippen molar-refractivity contribution in [2.45, 2.75) is 95.3 Å². The van der Waals surface area contributed by atoms with Crippen molar-refractivity contribution in [3.05, 3.63) is 29.8 Å². The molecule has 8 nitrogen and oxygen atoms in total. The number of nitrogens with one attached hydrogen (secondary N) is 3. The molecule has 1 unspecified atom stereocenters. The summed E-state index contributed by atoms with van der Waals surface area (Å²) in [5, 5.41) is 9.54. The molecular weight excluding hydrogens is 452 g/mol. The quantitative estimate of drug-likeness (QED) is 0.565. The van der Waals surface area contributed by atoms with Crippen molar-refractivity contribution in [2.24, 2.45) is 5.92 Å². The van der Waals surface area contributed by atoms with Crippen LogP contribution in [0.15, 0.2) is 29.2 Å². The van der Waals surface area contributed by atoms with E-state index in [2.05, 4.69) is 43.6 Å². The van der Waals surface area contributed by atoms with Crippen LogP contribution in [0, 0.1) is 12.8 Å². The van der Waals surface area contributed by atoms with Crippen molar-refractivity contribution in [3.8, 4) is 0 Å². The van der Waals surface area contributed by atoms with Crippen molar-refractivity contribution in [3.63, 3.8) is 0 Å². The van der Waals surface area contributed by atoms with Gasteiger partial charge in [0.25, 0.3) is 0 Å². The second kappa shape index (κ2) is 9.95. The molecule has 1 aromatic rings. The third-order valence-corrected chi connectivity index (χ3v) is 8.68. The van der Waals surface area contributed by atoms with E-state index in [1.54, 1.807) is 31.2 Å². The number of sulfonamides is 1. The standard InChI is InChI=1S/C25H40N4O4S/c1-17-7-9-21(10-8-17)34(32,33)29-13-11-19(12-14-29)23(31)26-18(2)22(30)27-20-15-24(3,4)28-25(5,6)16-20/h7-10,18-20,28H,11-16H2,1-6H3,(H,26,31)(H,27,30). The number of carbonyl (C=O) groups excluding carboxylic acids is 2. The van der Waals surface area contributed by atoms with Crippen molar-refractivity contribution in [1.29, 1.82) is 0 Å². The van der Waals surface area contributed by atoms with Crippen molar-refractivity contribution >= 4 is 21.8 Å². The van der Waals surface area contributed by atoms with Crippen LogP contribution in [-0.4, -0.2) is 60.8 Å². The SMILES string of the molecule is Cc1ccc(S(=O)(=O)N2CCC(C(=O)NC(C)C(=O)NC3CC(C)(C)NC(C)(C)C3)CC2)cc1. The fourth-order valence-electron chi connectivity index (χ4n) is 5.36. The molecule has 9 heteroatoms. The molecule has 2 heterocycles. The van der Waals surface area contributed by atoms with Gasteiger partial charge in [-0.3, -0.25) is 9.59 Å². The van der Waals surface area contributed by atoms with E-state index < -0.39 is 16.1 Å². The van der Waals surface area contributed by atoms with E-state index in [1.807, 2.05) is 6.92 Å². The van der Waals surface area contributed by atoms with Gasteiger partial charge in [0, 0.05) is 36.1 Å². The molecule has 2 aliphatic rings. The van der Waals surface area contributed by atoms with Gasteiger partial charge in [-0.2, -0.15) is 4.31 Å². The highest BCUT2D eigenvalue weighted by Gasteiger charge is 2.39.